The first kappa shape index (κ1) is 20.2. The molecule has 1 atom stereocenters. The number of rotatable bonds is 6. The highest BCUT2D eigenvalue weighted by Crippen LogP contribution is 2.50. The zero-order valence-electron chi connectivity index (χ0n) is 14.7. The molecule has 3 rings (SSSR count). The predicted octanol–water partition coefficient (Wildman–Crippen LogP) is 1.74. The van der Waals surface area contributed by atoms with Crippen LogP contribution in [0.5, 0.6) is 0 Å². The fraction of sp³-hybridized carbons (Fsp3) is 0.105. The van der Waals surface area contributed by atoms with E-state index in [0.29, 0.717) is 4.86 Å². The Morgan fingerprint density at radius 1 is 0.963 bits per heavy atom. The van der Waals surface area contributed by atoms with Crippen LogP contribution in [0.4, 0.5) is 5.69 Å². The molecular weight excluding hydrogens is 406 g/mol. The van der Waals surface area contributed by atoms with Gasteiger partial charge in [0.1, 0.15) is 3.74 Å². The molecule has 1 unspecified atom stereocenters. The van der Waals surface area contributed by atoms with Gasteiger partial charge >= 0.3 is 0 Å². The van der Waals surface area contributed by atoms with E-state index in [1.165, 1.54) is 10.8 Å². The summed E-state index contributed by atoms with van der Waals surface area (Å²) in [6.45, 7) is 0. The van der Waals surface area contributed by atoms with Crippen molar-refractivity contribution in [2.45, 2.75) is 0 Å². The maximum Gasteiger partial charge on any atom is 0.179 e. The number of hydrogen-bond acceptors (Lipinski definition) is 6. The van der Waals surface area contributed by atoms with Crippen LogP contribution in [0.3, 0.4) is 0 Å². The molecule has 0 bridgehead atoms. The maximum absolute atomic E-state index is 11.1. The van der Waals surface area contributed by atoms with Crippen molar-refractivity contribution in [2.24, 2.45) is 0 Å². The summed E-state index contributed by atoms with van der Waals surface area (Å²) >= 11 is 0. The van der Waals surface area contributed by atoms with Crippen molar-refractivity contribution in [3.63, 3.8) is 0 Å². The normalized spacial score (nSPS) is 17.4. The number of allylic oxidation sites excluding steroid dienone is 2. The average molecular weight is 424 g/mol. The number of halogens is 1. The highest BCUT2D eigenvalue weighted by atomic mass is 35.7. The summed E-state index contributed by atoms with van der Waals surface area (Å²) in [5, 5.41) is 0. The molecule has 1 aliphatic heterocycles. The first-order chi connectivity index (χ1) is 12.8. The molecule has 0 fully saturated rings. The van der Waals surface area contributed by atoms with Gasteiger partial charge in [-0.05, 0) is 46.2 Å². The van der Waals surface area contributed by atoms with Crippen molar-refractivity contribution in [1.82, 2.24) is 0 Å². The van der Waals surface area contributed by atoms with E-state index in [-0.39, 0.29) is 0 Å². The van der Waals surface area contributed by atoms with Crippen molar-refractivity contribution in [3.8, 4) is 0 Å². The molecule has 142 valence electrons. The van der Waals surface area contributed by atoms with Gasteiger partial charge in [0.2, 0.25) is 0 Å². The van der Waals surface area contributed by atoms with Crippen LogP contribution in [-0.2, 0) is 3.74 Å². The van der Waals surface area contributed by atoms with E-state index in [1.807, 2.05) is 85.7 Å². The minimum atomic E-state index is -4.51. The Morgan fingerprint density at radius 2 is 1.63 bits per heavy atom. The molecule has 0 radical (unpaired) electrons. The smallest absolute Gasteiger partial charge is 0.179 e. The molecule has 8 heteroatoms. The Kier molecular flexibility index (Phi) is 6.44. The first-order valence-corrected chi connectivity index (χ1v) is 11.7. The standard InChI is InChI=1S/C19H18ClNO4S2/c1-21(2)17-11-8-15(9-12-17)10-13-18-14-19(16-6-4-3-5-7-16)26-27(18)25-20(22,23)24/h3-14H,1-2H3/b13-10+. The largest absolute Gasteiger partial charge is 0.378 e. The third kappa shape index (κ3) is 5.70. The van der Waals surface area contributed by atoms with E-state index in [0.717, 1.165) is 21.7 Å². The molecule has 0 aliphatic carbocycles. The van der Waals surface area contributed by atoms with Gasteiger partial charge in [0, 0.05) is 24.7 Å². The minimum Gasteiger partial charge on any atom is -0.378 e. The van der Waals surface area contributed by atoms with E-state index in [1.54, 1.807) is 6.08 Å². The molecule has 0 saturated heterocycles. The number of hydrogen-bond donors (Lipinski definition) is 0. The van der Waals surface area contributed by atoms with Gasteiger partial charge in [0.15, 0.2) is 9.80 Å². The quantitative estimate of drug-likeness (QED) is 0.400. The molecule has 0 spiro atoms. The zero-order valence-corrected chi connectivity index (χ0v) is 17.1. The van der Waals surface area contributed by atoms with Crippen LogP contribution in [0.2, 0.25) is 0 Å². The molecule has 0 N–H and O–H groups in total. The predicted molar refractivity (Wildman–Crippen MR) is 105 cm³/mol. The molecule has 0 amide bonds. The van der Waals surface area contributed by atoms with E-state index in [9.17, 15) is 14.0 Å². The lowest BCUT2D eigenvalue weighted by Crippen LogP contribution is -2.60. The number of benzene rings is 2. The third-order valence-corrected chi connectivity index (χ3v) is 8.10. The van der Waals surface area contributed by atoms with Gasteiger partial charge in [-0.1, -0.05) is 48.5 Å². The minimum absolute atomic E-state index is 0.641. The second-order valence-electron chi connectivity index (χ2n) is 5.86. The van der Waals surface area contributed by atoms with Crippen LogP contribution in [-0.4, -0.2) is 19.0 Å². The summed E-state index contributed by atoms with van der Waals surface area (Å²) < 4.78 is 38.0. The van der Waals surface area contributed by atoms with Gasteiger partial charge in [-0.15, -0.1) is 0 Å². The van der Waals surface area contributed by atoms with Gasteiger partial charge in [-0.25, -0.2) is 0 Å². The molecule has 1 aliphatic rings. The van der Waals surface area contributed by atoms with Crippen molar-refractivity contribution < 1.29 is 28.0 Å². The number of nitrogens with zero attached hydrogens (tertiary/aromatic N) is 1. The van der Waals surface area contributed by atoms with Crippen LogP contribution < -0.4 is 18.9 Å². The molecule has 5 nitrogen and oxygen atoms in total. The Hall–Kier alpha value is -1.58. The summed E-state index contributed by atoms with van der Waals surface area (Å²) in [5.41, 5.74) is 3.00. The van der Waals surface area contributed by atoms with Crippen molar-refractivity contribution >= 4 is 42.1 Å². The van der Waals surface area contributed by atoms with Crippen LogP contribution >= 0.6 is 20.6 Å². The Labute approximate surface area is 166 Å². The SMILES string of the molecule is CN(C)c1ccc(/C=C/C2=S(O[Cl+3]([O-])([O-])[O-])SC(c3ccccc3)=C2)cc1. The monoisotopic (exact) mass is 423 g/mol. The lowest BCUT2D eigenvalue weighted by Gasteiger charge is -2.12. The van der Waals surface area contributed by atoms with Crippen molar-refractivity contribution in [2.75, 3.05) is 19.0 Å². The van der Waals surface area contributed by atoms with Gasteiger partial charge < -0.3 is 4.90 Å². The first-order valence-electron chi connectivity index (χ1n) is 7.95. The van der Waals surface area contributed by atoms with Gasteiger partial charge in [-0.2, -0.15) is 14.0 Å². The fourth-order valence-corrected chi connectivity index (χ4v) is 6.76. The van der Waals surface area contributed by atoms with Crippen molar-refractivity contribution in [3.05, 3.63) is 77.9 Å². The number of anilines is 1. The van der Waals surface area contributed by atoms with Crippen LogP contribution in [0.1, 0.15) is 11.1 Å². The van der Waals surface area contributed by atoms with Crippen LogP contribution in [0, 0.1) is 10.2 Å². The molecular formula is C19H18ClNO4S2. The van der Waals surface area contributed by atoms with Gasteiger partial charge in [0.25, 0.3) is 0 Å². The summed E-state index contributed by atoms with van der Waals surface area (Å²) in [7, 11) is -0.558. The summed E-state index contributed by atoms with van der Waals surface area (Å²) in [6, 6.07) is 17.5. The summed E-state index contributed by atoms with van der Waals surface area (Å²) in [6.07, 6.45) is 5.52. The molecule has 0 aromatic heterocycles. The van der Waals surface area contributed by atoms with E-state index >= 15 is 0 Å². The van der Waals surface area contributed by atoms with Crippen LogP contribution in [0.15, 0.2) is 66.7 Å². The van der Waals surface area contributed by atoms with Gasteiger partial charge in [-0.3, -0.25) is 0 Å². The van der Waals surface area contributed by atoms with Gasteiger partial charge in [0.05, 0.1) is 15.1 Å². The molecule has 1 heterocycles. The topological polar surface area (TPSA) is 81.7 Å². The molecule has 0 saturated carbocycles. The molecule has 2 aromatic rings. The second-order valence-corrected chi connectivity index (χ2v) is 10.1. The third-order valence-electron chi connectivity index (χ3n) is 3.67. The van der Waals surface area contributed by atoms with E-state index in [2.05, 4.69) is 0 Å². The fourth-order valence-electron chi connectivity index (χ4n) is 2.35. The van der Waals surface area contributed by atoms with Crippen LogP contribution in [0.25, 0.3) is 11.0 Å². The Balaban J connectivity index is 1.86. The van der Waals surface area contributed by atoms with Crippen molar-refractivity contribution in [1.29, 1.82) is 0 Å². The molecule has 27 heavy (non-hydrogen) atoms. The highest BCUT2D eigenvalue weighted by molar-refractivity contribution is 8.85. The lowest BCUT2D eigenvalue weighted by atomic mass is 10.1. The zero-order chi connectivity index (χ0) is 19.4. The lowest BCUT2D eigenvalue weighted by molar-refractivity contribution is -1.91. The van der Waals surface area contributed by atoms with E-state index in [4.69, 9.17) is 3.74 Å². The molecule has 2 aromatic carbocycles. The second kappa shape index (κ2) is 8.62. The average Bonchev–Trinajstić information content (AvgIpc) is 3.02. The maximum atomic E-state index is 11.1. The van der Waals surface area contributed by atoms with E-state index < -0.39 is 20.0 Å². The summed E-state index contributed by atoms with van der Waals surface area (Å²) in [4.78, 5) is 3.51. The Morgan fingerprint density at radius 3 is 2.22 bits per heavy atom. The Bertz CT molecular complexity index is 888. The highest BCUT2D eigenvalue weighted by Gasteiger charge is 2.30. The summed E-state index contributed by atoms with van der Waals surface area (Å²) in [5.74, 6) is 0.